The lowest BCUT2D eigenvalue weighted by Gasteiger charge is -2.39. The highest BCUT2D eigenvalue weighted by Gasteiger charge is 2.36. The number of aliphatic hydroxyl groups is 1. The molecule has 1 heterocycles. The van der Waals surface area contributed by atoms with Crippen molar-refractivity contribution >= 4 is 0 Å². The smallest absolute Gasteiger partial charge is 0.118 e. The third-order valence-corrected chi connectivity index (χ3v) is 4.35. The predicted molar refractivity (Wildman–Crippen MR) is 90.1 cm³/mol. The van der Waals surface area contributed by atoms with Crippen LogP contribution in [0.5, 0.6) is 5.75 Å². The average Bonchev–Trinajstić information content (AvgIpc) is 2.60. The molecule has 1 aliphatic heterocycles. The Hall–Kier alpha value is -1.14. The number of aliphatic hydroxyl groups excluding tert-OH is 1. The molecule has 5 nitrogen and oxygen atoms in total. The molecule has 0 amide bonds. The summed E-state index contributed by atoms with van der Waals surface area (Å²) in [5.74, 6) is 0.987. The van der Waals surface area contributed by atoms with E-state index in [2.05, 4.69) is 17.4 Å². The van der Waals surface area contributed by atoms with E-state index in [-0.39, 0.29) is 18.1 Å². The fourth-order valence-corrected chi connectivity index (χ4v) is 3.01. The van der Waals surface area contributed by atoms with Gasteiger partial charge in [0.05, 0.1) is 32.0 Å². The van der Waals surface area contributed by atoms with E-state index in [1.807, 2.05) is 26.0 Å². The largest absolute Gasteiger partial charge is 0.497 e. The lowest BCUT2D eigenvalue weighted by molar-refractivity contribution is -0.0719. The molecule has 1 fully saturated rings. The lowest BCUT2D eigenvalue weighted by atomic mass is 9.85. The van der Waals surface area contributed by atoms with Crippen LogP contribution in [0.4, 0.5) is 0 Å². The highest BCUT2D eigenvalue weighted by atomic mass is 16.5. The van der Waals surface area contributed by atoms with Crippen LogP contribution in [0.1, 0.15) is 31.7 Å². The second kappa shape index (κ2) is 9.23. The highest BCUT2D eigenvalue weighted by Crippen LogP contribution is 2.31. The first kappa shape index (κ1) is 18.2. The Kier molecular flexibility index (Phi) is 7.30. The molecule has 0 bridgehead atoms. The van der Waals surface area contributed by atoms with Gasteiger partial charge in [-0.2, -0.15) is 0 Å². The van der Waals surface area contributed by atoms with Crippen molar-refractivity contribution in [3.8, 4) is 5.75 Å². The van der Waals surface area contributed by atoms with E-state index in [1.165, 1.54) is 5.56 Å². The molecule has 23 heavy (non-hydrogen) atoms. The minimum Gasteiger partial charge on any atom is -0.497 e. The van der Waals surface area contributed by atoms with E-state index in [0.29, 0.717) is 19.6 Å². The number of hydrogen-bond acceptors (Lipinski definition) is 5. The van der Waals surface area contributed by atoms with Crippen LogP contribution in [0.3, 0.4) is 0 Å². The summed E-state index contributed by atoms with van der Waals surface area (Å²) in [6.45, 7) is 6.56. The van der Waals surface area contributed by atoms with Gasteiger partial charge in [-0.25, -0.2) is 0 Å². The van der Waals surface area contributed by atoms with Crippen LogP contribution in [0.15, 0.2) is 24.3 Å². The van der Waals surface area contributed by atoms with E-state index in [1.54, 1.807) is 7.11 Å². The van der Waals surface area contributed by atoms with E-state index >= 15 is 0 Å². The third kappa shape index (κ3) is 4.91. The molecule has 0 radical (unpaired) electrons. The van der Waals surface area contributed by atoms with Gasteiger partial charge in [0.15, 0.2) is 0 Å². The SMILES string of the molecule is CCOC1CNCC(OCC(O)CC)[C@@H]1c1ccc(OC)cc1. The van der Waals surface area contributed by atoms with Crippen molar-refractivity contribution in [2.24, 2.45) is 0 Å². The molecule has 130 valence electrons. The van der Waals surface area contributed by atoms with Crippen LogP contribution in [-0.4, -0.2) is 56.8 Å². The van der Waals surface area contributed by atoms with Gasteiger partial charge in [0.1, 0.15) is 5.75 Å². The van der Waals surface area contributed by atoms with E-state index in [4.69, 9.17) is 14.2 Å². The Morgan fingerprint density at radius 1 is 1.13 bits per heavy atom. The molecule has 0 saturated carbocycles. The van der Waals surface area contributed by atoms with Crippen LogP contribution in [0.2, 0.25) is 0 Å². The van der Waals surface area contributed by atoms with Gasteiger partial charge in [-0.3, -0.25) is 0 Å². The topological polar surface area (TPSA) is 60.0 Å². The molecule has 1 aromatic rings. The Balaban J connectivity index is 2.16. The molecule has 0 aliphatic carbocycles. The molecule has 4 atom stereocenters. The monoisotopic (exact) mass is 323 g/mol. The molecular formula is C18H29NO4. The van der Waals surface area contributed by atoms with Crippen LogP contribution in [-0.2, 0) is 9.47 Å². The Bertz CT molecular complexity index is 449. The number of methoxy groups -OCH3 is 1. The summed E-state index contributed by atoms with van der Waals surface area (Å²) < 4.78 is 17.2. The van der Waals surface area contributed by atoms with Gasteiger partial charge in [-0.1, -0.05) is 19.1 Å². The first-order valence-electron chi connectivity index (χ1n) is 8.45. The molecule has 1 aliphatic rings. The molecule has 3 unspecified atom stereocenters. The third-order valence-electron chi connectivity index (χ3n) is 4.35. The summed E-state index contributed by atoms with van der Waals surface area (Å²) in [4.78, 5) is 0. The number of ether oxygens (including phenoxy) is 3. The molecular weight excluding hydrogens is 294 g/mol. The number of hydrogen-bond donors (Lipinski definition) is 2. The summed E-state index contributed by atoms with van der Waals surface area (Å²) >= 11 is 0. The van der Waals surface area contributed by atoms with Gasteiger partial charge in [-0.15, -0.1) is 0 Å². The van der Waals surface area contributed by atoms with Crippen LogP contribution in [0.25, 0.3) is 0 Å². The zero-order valence-corrected chi connectivity index (χ0v) is 14.3. The second-order valence-electron chi connectivity index (χ2n) is 5.88. The average molecular weight is 323 g/mol. The maximum absolute atomic E-state index is 9.79. The molecule has 2 rings (SSSR count). The molecule has 2 N–H and O–H groups in total. The van der Waals surface area contributed by atoms with Gasteiger partial charge in [-0.05, 0) is 31.0 Å². The molecule has 1 saturated heterocycles. The molecule has 0 aromatic heterocycles. The summed E-state index contributed by atoms with van der Waals surface area (Å²) in [7, 11) is 1.67. The highest BCUT2D eigenvalue weighted by molar-refractivity contribution is 5.31. The second-order valence-corrected chi connectivity index (χ2v) is 5.88. The Morgan fingerprint density at radius 2 is 1.78 bits per heavy atom. The summed E-state index contributed by atoms with van der Waals surface area (Å²) in [6, 6.07) is 8.09. The van der Waals surface area contributed by atoms with Crippen molar-refractivity contribution in [1.82, 2.24) is 5.32 Å². The Morgan fingerprint density at radius 3 is 2.35 bits per heavy atom. The minimum absolute atomic E-state index is 0.0186. The maximum atomic E-state index is 9.79. The van der Waals surface area contributed by atoms with E-state index < -0.39 is 6.10 Å². The molecule has 1 aromatic carbocycles. The van der Waals surface area contributed by atoms with Crippen LogP contribution >= 0.6 is 0 Å². The van der Waals surface area contributed by atoms with Crippen molar-refractivity contribution in [2.75, 3.05) is 33.4 Å². The van der Waals surface area contributed by atoms with Gasteiger partial charge in [0.25, 0.3) is 0 Å². The fraction of sp³-hybridized carbons (Fsp3) is 0.667. The zero-order chi connectivity index (χ0) is 16.7. The van der Waals surface area contributed by atoms with Crippen molar-refractivity contribution < 1.29 is 19.3 Å². The van der Waals surface area contributed by atoms with Crippen LogP contribution in [0, 0.1) is 0 Å². The molecule has 5 heteroatoms. The lowest BCUT2D eigenvalue weighted by Crippen LogP contribution is -2.51. The minimum atomic E-state index is -0.418. The normalized spacial score (nSPS) is 26.0. The zero-order valence-electron chi connectivity index (χ0n) is 14.3. The maximum Gasteiger partial charge on any atom is 0.118 e. The quantitative estimate of drug-likeness (QED) is 0.766. The number of rotatable bonds is 8. The molecule has 0 spiro atoms. The van der Waals surface area contributed by atoms with Crippen LogP contribution < -0.4 is 10.1 Å². The first-order chi connectivity index (χ1) is 11.2. The van der Waals surface area contributed by atoms with Crippen molar-refractivity contribution in [3.05, 3.63) is 29.8 Å². The summed E-state index contributed by atoms with van der Waals surface area (Å²) in [5.41, 5.74) is 1.18. The first-order valence-corrected chi connectivity index (χ1v) is 8.45. The van der Waals surface area contributed by atoms with Gasteiger partial charge in [0, 0.05) is 25.6 Å². The van der Waals surface area contributed by atoms with Gasteiger partial charge >= 0.3 is 0 Å². The number of piperidine rings is 1. The van der Waals surface area contributed by atoms with E-state index in [9.17, 15) is 5.11 Å². The van der Waals surface area contributed by atoms with Crippen molar-refractivity contribution in [3.63, 3.8) is 0 Å². The predicted octanol–water partition coefficient (Wildman–Crippen LogP) is 1.94. The van der Waals surface area contributed by atoms with Crippen molar-refractivity contribution in [2.45, 2.75) is 44.5 Å². The van der Waals surface area contributed by atoms with E-state index in [0.717, 1.165) is 18.8 Å². The van der Waals surface area contributed by atoms with Gasteiger partial charge in [0.2, 0.25) is 0 Å². The summed E-state index contributed by atoms with van der Waals surface area (Å²) in [6.07, 6.45) is 0.321. The summed E-state index contributed by atoms with van der Waals surface area (Å²) in [5, 5.41) is 13.2. The fourth-order valence-electron chi connectivity index (χ4n) is 3.01. The number of nitrogens with one attached hydrogen (secondary N) is 1. The van der Waals surface area contributed by atoms with Gasteiger partial charge < -0.3 is 24.6 Å². The Labute approximate surface area is 138 Å². The number of benzene rings is 1. The standard InChI is InChI=1S/C18H29NO4/c1-4-14(20)12-23-17-11-19-10-16(22-5-2)18(17)13-6-8-15(21-3)9-7-13/h6-9,14,16-20H,4-5,10-12H2,1-3H3/t14?,16?,17?,18-/m1/s1. The van der Waals surface area contributed by atoms with Crippen molar-refractivity contribution in [1.29, 1.82) is 0 Å².